The van der Waals surface area contributed by atoms with Gasteiger partial charge >= 0.3 is 0 Å². The number of carbonyl (C=O) groups is 1. The smallest absolute Gasteiger partial charge is 0.259 e. The second-order valence-electron chi connectivity index (χ2n) is 4.73. The molecule has 3 aromatic rings. The van der Waals surface area contributed by atoms with E-state index in [-0.39, 0.29) is 5.91 Å². The normalized spacial score (nSPS) is 10.3. The summed E-state index contributed by atoms with van der Waals surface area (Å²) in [7, 11) is 1.61. The maximum absolute atomic E-state index is 12.4. The Kier molecular flexibility index (Phi) is 4.43. The van der Waals surface area contributed by atoms with E-state index in [4.69, 9.17) is 9.26 Å². The average Bonchev–Trinajstić information content (AvgIpc) is 3.03. The first kappa shape index (κ1) is 15.3. The lowest BCUT2D eigenvalue weighted by Gasteiger charge is -2.06. The van der Waals surface area contributed by atoms with E-state index in [9.17, 15) is 4.79 Å². The van der Waals surface area contributed by atoms with Crippen LogP contribution in [0.15, 0.2) is 63.7 Å². The van der Waals surface area contributed by atoms with Crippen molar-refractivity contribution in [3.63, 3.8) is 0 Å². The highest BCUT2D eigenvalue weighted by Gasteiger charge is 2.16. The van der Waals surface area contributed by atoms with Crippen LogP contribution in [0.1, 0.15) is 10.4 Å². The lowest BCUT2D eigenvalue weighted by Crippen LogP contribution is -2.12. The molecule has 0 aliphatic rings. The van der Waals surface area contributed by atoms with Gasteiger partial charge in [0.05, 0.1) is 24.4 Å². The van der Waals surface area contributed by atoms with Crippen LogP contribution < -0.4 is 10.1 Å². The van der Waals surface area contributed by atoms with Crippen LogP contribution in [0.5, 0.6) is 5.75 Å². The van der Waals surface area contributed by atoms with Gasteiger partial charge in [-0.15, -0.1) is 0 Å². The minimum atomic E-state index is -0.274. The quantitative estimate of drug-likeness (QED) is 0.738. The first-order chi connectivity index (χ1) is 11.2. The number of methoxy groups -OCH3 is 1. The van der Waals surface area contributed by atoms with Gasteiger partial charge in [-0.1, -0.05) is 29.4 Å². The number of ether oxygens (including phenoxy) is 1. The predicted molar refractivity (Wildman–Crippen MR) is 90.6 cm³/mol. The molecule has 0 unspecified atom stereocenters. The molecular weight excluding hydrogens is 360 g/mol. The van der Waals surface area contributed by atoms with Gasteiger partial charge in [-0.2, -0.15) is 0 Å². The summed E-state index contributed by atoms with van der Waals surface area (Å²) in [5.41, 5.74) is 2.09. The fourth-order valence-electron chi connectivity index (χ4n) is 2.12. The van der Waals surface area contributed by atoms with Crippen LogP contribution in [-0.2, 0) is 0 Å². The number of hydrogen-bond acceptors (Lipinski definition) is 4. The average molecular weight is 373 g/mol. The summed E-state index contributed by atoms with van der Waals surface area (Å²) in [6.07, 6.45) is 1.57. The Labute approximate surface area is 141 Å². The Balaban J connectivity index is 1.86. The molecule has 0 fully saturated rings. The molecule has 3 rings (SSSR count). The summed E-state index contributed by atoms with van der Waals surface area (Å²) in [5, 5.41) is 6.52. The molecule has 0 saturated heterocycles. The van der Waals surface area contributed by atoms with Crippen molar-refractivity contribution in [2.45, 2.75) is 0 Å². The minimum absolute atomic E-state index is 0.274. The van der Waals surface area contributed by atoms with E-state index in [1.165, 1.54) is 0 Å². The second-order valence-corrected chi connectivity index (χ2v) is 5.59. The first-order valence-corrected chi connectivity index (χ1v) is 7.63. The number of benzene rings is 2. The minimum Gasteiger partial charge on any atom is -0.497 e. The zero-order chi connectivity index (χ0) is 16.2. The van der Waals surface area contributed by atoms with Crippen molar-refractivity contribution in [1.29, 1.82) is 0 Å². The molecule has 1 amide bonds. The predicted octanol–water partition coefficient (Wildman–Crippen LogP) is 4.37. The number of nitrogens with zero attached hydrogens (tertiary/aromatic N) is 1. The highest BCUT2D eigenvalue weighted by atomic mass is 79.9. The summed E-state index contributed by atoms with van der Waals surface area (Å²) < 4.78 is 11.0. The molecule has 1 N–H and O–H groups in total. The van der Waals surface area contributed by atoms with Crippen LogP contribution in [0.25, 0.3) is 11.1 Å². The van der Waals surface area contributed by atoms with Gasteiger partial charge in [0, 0.05) is 4.47 Å². The summed E-state index contributed by atoms with van der Waals surface area (Å²) in [6, 6.07) is 14.6. The molecule has 0 radical (unpaired) electrons. The molecule has 0 spiro atoms. The molecule has 1 heterocycles. The van der Waals surface area contributed by atoms with Gasteiger partial charge in [0.2, 0.25) is 5.88 Å². The Bertz CT molecular complexity index is 828. The van der Waals surface area contributed by atoms with Crippen molar-refractivity contribution in [2.75, 3.05) is 12.4 Å². The van der Waals surface area contributed by atoms with E-state index < -0.39 is 0 Å². The molecule has 0 aliphatic heterocycles. The van der Waals surface area contributed by atoms with E-state index in [0.717, 1.165) is 11.3 Å². The molecule has 0 bridgehead atoms. The van der Waals surface area contributed by atoms with Crippen molar-refractivity contribution < 1.29 is 14.1 Å². The molecule has 0 aliphatic carbocycles. The van der Waals surface area contributed by atoms with Crippen LogP contribution >= 0.6 is 15.9 Å². The van der Waals surface area contributed by atoms with Crippen LogP contribution in [0, 0.1) is 0 Å². The molecule has 0 saturated carbocycles. The number of amides is 1. The van der Waals surface area contributed by atoms with E-state index in [1.54, 1.807) is 31.5 Å². The molecule has 116 valence electrons. The van der Waals surface area contributed by atoms with Crippen LogP contribution in [-0.4, -0.2) is 18.2 Å². The zero-order valence-corrected chi connectivity index (χ0v) is 13.8. The van der Waals surface area contributed by atoms with Gasteiger partial charge in [0.25, 0.3) is 5.91 Å². The Hall–Kier alpha value is -2.60. The zero-order valence-electron chi connectivity index (χ0n) is 12.2. The lowest BCUT2D eigenvalue weighted by atomic mass is 10.1. The Morgan fingerprint density at radius 1 is 1.17 bits per heavy atom. The fraction of sp³-hybridized carbons (Fsp3) is 0.0588. The van der Waals surface area contributed by atoms with E-state index >= 15 is 0 Å². The van der Waals surface area contributed by atoms with E-state index in [0.29, 0.717) is 21.5 Å². The first-order valence-electron chi connectivity index (χ1n) is 6.84. The molecule has 23 heavy (non-hydrogen) atoms. The van der Waals surface area contributed by atoms with Crippen LogP contribution in [0.2, 0.25) is 0 Å². The number of carbonyl (C=O) groups excluding carboxylic acids is 1. The summed E-state index contributed by atoms with van der Waals surface area (Å²) in [4.78, 5) is 12.4. The molecule has 0 atom stereocenters. The van der Waals surface area contributed by atoms with Gasteiger partial charge in [-0.05, 0) is 45.8 Å². The largest absolute Gasteiger partial charge is 0.497 e. The number of aromatic nitrogens is 1. The molecule has 2 aromatic carbocycles. The van der Waals surface area contributed by atoms with Crippen molar-refractivity contribution >= 4 is 27.7 Å². The second kappa shape index (κ2) is 6.66. The number of halogens is 1. The monoisotopic (exact) mass is 372 g/mol. The molecule has 1 aromatic heterocycles. The number of anilines is 1. The van der Waals surface area contributed by atoms with Crippen molar-refractivity contribution in [1.82, 2.24) is 5.16 Å². The molecule has 5 nitrogen and oxygen atoms in total. The molecule has 6 heteroatoms. The van der Waals surface area contributed by atoms with Crippen molar-refractivity contribution in [3.05, 3.63) is 64.8 Å². The van der Waals surface area contributed by atoms with Crippen molar-refractivity contribution in [3.8, 4) is 16.9 Å². The van der Waals surface area contributed by atoms with Crippen LogP contribution in [0.4, 0.5) is 5.88 Å². The van der Waals surface area contributed by atoms with E-state index in [1.807, 2.05) is 30.3 Å². The molecular formula is C17H13BrN2O3. The number of rotatable bonds is 4. The third-order valence-corrected chi connectivity index (χ3v) is 4.01. The maximum Gasteiger partial charge on any atom is 0.259 e. The Morgan fingerprint density at radius 2 is 1.91 bits per heavy atom. The van der Waals surface area contributed by atoms with Gasteiger partial charge in [-0.3, -0.25) is 10.1 Å². The van der Waals surface area contributed by atoms with Gasteiger partial charge in [-0.25, -0.2) is 0 Å². The highest BCUT2D eigenvalue weighted by Crippen LogP contribution is 2.30. The third kappa shape index (κ3) is 3.27. The standard InChI is InChI=1S/C17H13BrN2O3/c1-22-12-8-6-11(7-9-12)14-10-19-23-17(14)20-16(21)13-4-2-3-5-15(13)18/h2-10H,1H3,(H,20,21). The maximum atomic E-state index is 12.4. The SMILES string of the molecule is COc1ccc(-c2cnoc2NC(=O)c2ccccc2Br)cc1. The summed E-state index contributed by atoms with van der Waals surface area (Å²) >= 11 is 3.36. The fourth-order valence-corrected chi connectivity index (χ4v) is 2.59. The third-order valence-electron chi connectivity index (χ3n) is 3.32. The summed E-state index contributed by atoms with van der Waals surface area (Å²) in [6.45, 7) is 0. The van der Waals surface area contributed by atoms with Crippen LogP contribution in [0.3, 0.4) is 0 Å². The Morgan fingerprint density at radius 3 is 2.61 bits per heavy atom. The summed E-state index contributed by atoms with van der Waals surface area (Å²) in [5.74, 6) is 0.781. The van der Waals surface area contributed by atoms with Gasteiger partial charge < -0.3 is 9.26 Å². The number of hydrogen-bond donors (Lipinski definition) is 1. The topological polar surface area (TPSA) is 64.4 Å². The van der Waals surface area contributed by atoms with Crippen molar-refractivity contribution in [2.24, 2.45) is 0 Å². The number of nitrogens with one attached hydrogen (secondary N) is 1. The lowest BCUT2D eigenvalue weighted by molar-refractivity contribution is 0.102. The van der Waals surface area contributed by atoms with Gasteiger partial charge in [0.15, 0.2) is 0 Å². The highest BCUT2D eigenvalue weighted by molar-refractivity contribution is 9.10. The van der Waals surface area contributed by atoms with Gasteiger partial charge in [0.1, 0.15) is 5.75 Å². The van der Waals surface area contributed by atoms with E-state index in [2.05, 4.69) is 26.4 Å².